The number of rotatable bonds is 3. The Kier molecular flexibility index (Phi) is 4.43. The van der Waals surface area contributed by atoms with E-state index in [1.807, 2.05) is 4.90 Å². The molecule has 1 saturated carbocycles. The second-order valence-electron chi connectivity index (χ2n) is 6.88. The number of carbonyl (C=O) groups is 2. The van der Waals surface area contributed by atoms with Crippen LogP contribution in [0.5, 0.6) is 0 Å². The van der Waals surface area contributed by atoms with Gasteiger partial charge in [0.25, 0.3) is 0 Å². The summed E-state index contributed by atoms with van der Waals surface area (Å²) in [5.74, 6) is -0.948. The summed E-state index contributed by atoms with van der Waals surface area (Å²) in [5, 5.41) is 3.47. The molecule has 2 amide bonds. The minimum atomic E-state index is -0.480. The minimum absolute atomic E-state index is 0.0732. The quantitative estimate of drug-likeness (QED) is 0.893. The van der Waals surface area contributed by atoms with Crippen LogP contribution < -0.4 is 5.32 Å². The van der Waals surface area contributed by atoms with Gasteiger partial charge in [0.15, 0.2) is 5.79 Å². The van der Waals surface area contributed by atoms with E-state index in [1.165, 1.54) is 0 Å². The highest BCUT2D eigenvalue weighted by molar-refractivity contribution is 6.30. The molecule has 0 radical (unpaired) electrons. The Labute approximate surface area is 151 Å². The third kappa shape index (κ3) is 3.52. The van der Waals surface area contributed by atoms with E-state index in [4.69, 9.17) is 21.1 Å². The van der Waals surface area contributed by atoms with Crippen LogP contribution in [0.4, 0.5) is 5.69 Å². The molecule has 0 bridgehead atoms. The highest BCUT2D eigenvalue weighted by Crippen LogP contribution is 2.42. The second-order valence-corrected chi connectivity index (χ2v) is 7.31. The number of piperidine rings is 1. The number of benzene rings is 1. The average molecular weight is 365 g/mol. The van der Waals surface area contributed by atoms with Gasteiger partial charge in [-0.15, -0.1) is 0 Å². The standard InChI is InChI=1S/C18H21ClN2O4/c19-12-1-3-13(4-2-12)20-16(22)14-11-15(14)17(23)21-7-5-18(6-8-21)24-9-10-25-18/h1-4,14-15H,5-11H2,(H,20,22). The van der Waals surface area contributed by atoms with Crippen molar-refractivity contribution in [3.05, 3.63) is 29.3 Å². The van der Waals surface area contributed by atoms with E-state index in [9.17, 15) is 9.59 Å². The summed E-state index contributed by atoms with van der Waals surface area (Å²) in [6, 6.07) is 6.96. The SMILES string of the molecule is O=C(Nc1ccc(Cl)cc1)C1CC1C(=O)N1CCC2(CC1)OCCO2. The number of hydrogen-bond acceptors (Lipinski definition) is 4. The Morgan fingerprint density at radius 3 is 2.36 bits per heavy atom. The van der Waals surface area contributed by atoms with E-state index < -0.39 is 5.79 Å². The summed E-state index contributed by atoms with van der Waals surface area (Å²) in [5.41, 5.74) is 0.697. The molecule has 1 aromatic rings. The first-order valence-corrected chi connectivity index (χ1v) is 9.07. The lowest BCUT2D eigenvalue weighted by atomic mass is 10.0. The summed E-state index contributed by atoms with van der Waals surface area (Å²) < 4.78 is 11.4. The van der Waals surface area contributed by atoms with Crippen molar-refractivity contribution in [1.29, 1.82) is 0 Å². The molecule has 2 heterocycles. The number of amides is 2. The summed E-state index contributed by atoms with van der Waals surface area (Å²) in [4.78, 5) is 26.8. The van der Waals surface area contributed by atoms with E-state index >= 15 is 0 Å². The van der Waals surface area contributed by atoms with Crippen LogP contribution in [0.25, 0.3) is 0 Å². The summed E-state index contributed by atoms with van der Waals surface area (Å²) in [6.45, 7) is 2.51. The van der Waals surface area contributed by atoms with Crippen molar-refractivity contribution >= 4 is 29.1 Å². The molecule has 1 aromatic carbocycles. The Bertz CT molecular complexity index is 662. The first kappa shape index (κ1) is 16.8. The van der Waals surface area contributed by atoms with Crippen molar-refractivity contribution in [3.63, 3.8) is 0 Å². The summed E-state index contributed by atoms with van der Waals surface area (Å²) >= 11 is 5.84. The molecule has 2 saturated heterocycles. The molecule has 4 rings (SSSR count). The monoisotopic (exact) mass is 364 g/mol. The molecule has 1 spiro atoms. The molecular formula is C18H21ClN2O4. The van der Waals surface area contributed by atoms with Crippen LogP contribution in [0.15, 0.2) is 24.3 Å². The van der Waals surface area contributed by atoms with Crippen LogP contribution in [0.2, 0.25) is 5.02 Å². The molecule has 2 atom stereocenters. The molecular weight excluding hydrogens is 344 g/mol. The smallest absolute Gasteiger partial charge is 0.228 e. The Hall–Kier alpha value is -1.63. The van der Waals surface area contributed by atoms with Crippen LogP contribution in [0.1, 0.15) is 19.3 Å². The predicted octanol–water partition coefficient (Wildman–Crippen LogP) is 2.28. The van der Waals surface area contributed by atoms with Gasteiger partial charge in [0.1, 0.15) is 0 Å². The molecule has 0 aromatic heterocycles. The van der Waals surface area contributed by atoms with Gasteiger partial charge >= 0.3 is 0 Å². The Morgan fingerprint density at radius 1 is 1.08 bits per heavy atom. The fourth-order valence-electron chi connectivity index (χ4n) is 3.61. The lowest BCUT2D eigenvalue weighted by Crippen LogP contribution is -2.48. The van der Waals surface area contributed by atoms with Crippen molar-refractivity contribution < 1.29 is 19.1 Å². The van der Waals surface area contributed by atoms with Gasteiger partial charge in [0, 0.05) is 36.6 Å². The van der Waals surface area contributed by atoms with Gasteiger partial charge in [-0.3, -0.25) is 9.59 Å². The zero-order chi connectivity index (χ0) is 17.4. The maximum absolute atomic E-state index is 12.6. The lowest BCUT2D eigenvalue weighted by molar-refractivity contribution is -0.187. The lowest BCUT2D eigenvalue weighted by Gasteiger charge is -2.37. The number of ether oxygens (including phenoxy) is 2. The van der Waals surface area contributed by atoms with Gasteiger partial charge in [-0.1, -0.05) is 11.6 Å². The Balaban J connectivity index is 1.28. The highest BCUT2D eigenvalue weighted by atomic mass is 35.5. The third-order valence-corrected chi connectivity index (χ3v) is 5.46. The summed E-state index contributed by atoms with van der Waals surface area (Å²) in [7, 11) is 0. The van der Waals surface area contributed by atoms with Crippen LogP contribution >= 0.6 is 11.6 Å². The molecule has 3 aliphatic rings. The molecule has 2 aliphatic heterocycles. The van der Waals surface area contributed by atoms with Gasteiger partial charge in [-0.2, -0.15) is 0 Å². The van der Waals surface area contributed by atoms with Crippen molar-refractivity contribution in [1.82, 2.24) is 4.90 Å². The van der Waals surface area contributed by atoms with E-state index in [1.54, 1.807) is 24.3 Å². The number of nitrogens with one attached hydrogen (secondary N) is 1. The van der Waals surface area contributed by atoms with E-state index in [2.05, 4.69) is 5.32 Å². The zero-order valence-electron chi connectivity index (χ0n) is 13.9. The Morgan fingerprint density at radius 2 is 1.72 bits per heavy atom. The number of halogens is 1. The number of nitrogens with zero attached hydrogens (tertiary/aromatic N) is 1. The van der Waals surface area contributed by atoms with Crippen molar-refractivity contribution in [2.45, 2.75) is 25.0 Å². The normalized spacial score (nSPS) is 27.3. The molecule has 134 valence electrons. The van der Waals surface area contributed by atoms with Crippen LogP contribution in [-0.2, 0) is 19.1 Å². The molecule has 7 heteroatoms. The van der Waals surface area contributed by atoms with Crippen LogP contribution in [0.3, 0.4) is 0 Å². The molecule has 1 aliphatic carbocycles. The van der Waals surface area contributed by atoms with Gasteiger partial charge in [0.05, 0.1) is 25.0 Å². The first-order chi connectivity index (χ1) is 12.1. The third-order valence-electron chi connectivity index (χ3n) is 5.21. The highest BCUT2D eigenvalue weighted by Gasteiger charge is 2.51. The molecule has 2 unspecified atom stereocenters. The number of anilines is 1. The van der Waals surface area contributed by atoms with Crippen LogP contribution in [0, 0.1) is 11.8 Å². The average Bonchev–Trinajstić information content (AvgIpc) is 3.31. The first-order valence-electron chi connectivity index (χ1n) is 8.69. The van der Waals surface area contributed by atoms with E-state index in [-0.39, 0.29) is 23.7 Å². The van der Waals surface area contributed by atoms with Crippen LogP contribution in [-0.4, -0.2) is 48.8 Å². The molecule has 1 N–H and O–H groups in total. The van der Waals surface area contributed by atoms with E-state index in [0.717, 1.165) is 0 Å². The van der Waals surface area contributed by atoms with Crippen molar-refractivity contribution in [2.75, 3.05) is 31.6 Å². The fraction of sp³-hybridized carbons (Fsp3) is 0.556. The predicted molar refractivity (Wildman–Crippen MR) is 92.1 cm³/mol. The molecule has 3 fully saturated rings. The van der Waals surface area contributed by atoms with Gasteiger partial charge in [-0.25, -0.2) is 0 Å². The maximum atomic E-state index is 12.6. The van der Waals surface area contributed by atoms with Gasteiger partial charge < -0.3 is 19.7 Å². The van der Waals surface area contributed by atoms with Gasteiger partial charge in [0.2, 0.25) is 11.8 Å². The number of likely N-dealkylation sites (tertiary alicyclic amines) is 1. The van der Waals surface area contributed by atoms with Gasteiger partial charge in [-0.05, 0) is 30.7 Å². The second kappa shape index (κ2) is 6.59. The minimum Gasteiger partial charge on any atom is -0.347 e. The summed E-state index contributed by atoms with van der Waals surface area (Å²) in [6.07, 6.45) is 2.02. The number of carbonyl (C=O) groups excluding carboxylic acids is 2. The molecule has 6 nitrogen and oxygen atoms in total. The number of hydrogen-bond donors (Lipinski definition) is 1. The zero-order valence-corrected chi connectivity index (χ0v) is 14.6. The maximum Gasteiger partial charge on any atom is 0.228 e. The topological polar surface area (TPSA) is 67.9 Å². The fourth-order valence-corrected chi connectivity index (χ4v) is 3.74. The molecule has 25 heavy (non-hydrogen) atoms. The van der Waals surface area contributed by atoms with E-state index in [0.29, 0.717) is 56.3 Å². The largest absolute Gasteiger partial charge is 0.347 e. The van der Waals surface area contributed by atoms with Crippen molar-refractivity contribution in [2.24, 2.45) is 11.8 Å². The van der Waals surface area contributed by atoms with Crippen molar-refractivity contribution in [3.8, 4) is 0 Å².